The standard InChI is InChI=1S/C25H18N6O2/c26-22-20-24(28-14-27-22)31-23(30-20)16-11-9-15(10-12-16)21(32)18-7-4-8-19(13-18)29-25(33)17-5-2-1-3-6-17/h1-14H,(H,29,33)(H3,26,27,28,30,31). The van der Waals surface area contributed by atoms with Gasteiger partial charge in [0.05, 0.1) is 0 Å². The lowest BCUT2D eigenvalue weighted by atomic mass is 10.0. The molecule has 0 aliphatic rings. The van der Waals surface area contributed by atoms with Gasteiger partial charge in [0, 0.05) is 27.9 Å². The number of hydrogen-bond acceptors (Lipinski definition) is 6. The van der Waals surface area contributed by atoms with E-state index in [1.807, 2.05) is 6.07 Å². The van der Waals surface area contributed by atoms with Gasteiger partial charge in [0.15, 0.2) is 17.2 Å². The molecule has 8 nitrogen and oxygen atoms in total. The Morgan fingerprint density at radius 2 is 1.58 bits per heavy atom. The molecule has 8 heteroatoms. The molecule has 0 radical (unpaired) electrons. The first kappa shape index (κ1) is 20.1. The van der Waals surface area contributed by atoms with E-state index in [0.29, 0.717) is 45.2 Å². The summed E-state index contributed by atoms with van der Waals surface area (Å²) in [6.45, 7) is 0. The van der Waals surface area contributed by atoms with Crippen molar-refractivity contribution in [3.8, 4) is 11.4 Å². The predicted molar refractivity (Wildman–Crippen MR) is 126 cm³/mol. The molecule has 5 aromatic rings. The smallest absolute Gasteiger partial charge is 0.255 e. The molecule has 0 unspecified atom stereocenters. The molecule has 0 bridgehead atoms. The summed E-state index contributed by atoms with van der Waals surface area (Å²) in [6.07, 6.45) is 1.36. The monoisotopic (exact) mass is 434 g/mol. The second-order valence-electron chi connectivity index (χ2n) is 7.35. The summed E-state index contributed by atoms with van der Waals surface area (Å²) in [4.78, 5) is 41.0. The largest absolute Gasteiger partial charge is 0.382 e. The number of benzene rings is 3. The number of nitrogens with one attached hydrogen (secondary N) is 2. The van der Waals surface area contributed by atoms with Crippen molar-refractivity contribution in [2.24, 2.45) is 0 Å². The number of carbonyl (C=O) groups is 2. The molecule has 0 spiro atoms. The molecule has 0 atom stereocenters. The van der Waals surface area contributed by atoms with Gasteiger partial charge in [0.25, 0.3) is 5.91 Å². The molecule has 2 heterocycles. The van der Waals surface area contributed by atoms with Gasteiger partial charge >= 0.3 is 0 Å². The Bertz CT molecular complexity index is 1480. The Balaban J connectivity index is 1.35. The summed E-state index contributed by atoms with van der Waals surface area (Å²) in [5.41, 5.74) is 9.77. The minimum absolute atomic E-state index is 0.155. The van der Waals surface area contributed by atoms with Crippen molar-refractivity contribution in [2.45, 2.75) is 0 Å². The van der Waals surface area contributed by atoms with Crippen molar-refractivity contribution < 1.29 is 9.59 Å². The molecule has 33 heavy (non-hydrogen) atoms. The number of aromatic amines is 1. The number of nitrogen functional groups attached to an aromatic ring is 1. The Labute approximate surface area is 188 Å². The third-order valence-corrected chi connectivity index (χ3v) is 5.16. The van der Waals surface area contributed by atoms with Crippen molar-refractivity contribution in [2.75, 3.05) is 11.1 Å². The van der Waals surface area contributed by atoms with E-state index in [1.54, 1.807) is 72.8 Å². The summed E-state index contributed by atoms with van der Waals surface area (Å²) in [5, 5.41) is 2.83. The van der Waals surface area contributed by atoms with Crippen molar-refractivity contribution >= 4 is 34.4 Å². The number of fused-ring (bicyclic) bond motifs is 1. The second kappa shape index (κ2) is 8.35. The Hall–Kier alpha value is -4.85. The third-order valence-electron chi connectivity index (χ3n) is 5.16. The van der Waals surface area contributed by atoms with Gasteiger partial charge in [-0.15, -0.1) is 0 Å². The zero-order chi connectivity index (χ0) is 22.8. The molecular formula is C25H18N6O2. The Morgan fingerprint density at radius 3 is 2.33 bits per heavy atom. The molecule has 0 fully saturated rings. The Morgan fingerprint density at radius 1 is 0.818 bits per heavy atom. The first-order valence-corrected chi connectivity index (χ1v) is 10.2. The fourth-order valence-electron chi connectivity index (χ4n) is 3.46. The second-order valence-corrected chi connectivity index (χ2v) is 7.35. The number of nitrogens with zero attached hydrogens (tertiary/aromatic N) is 3. The summed E-state index contributed by atoms with van der Waals surface area (Å²) in [7, 11) is 0. The molecule has 3 aromatic carbocycles. The number of hydrogen-bond donors (Lipinski definition) is 3. The number of anilines is 2. The summed E-state index contributed by atoms with van der Waals surface area (Å²) in [6, 6.07) is 22.8. The van der Waals surface area contributed by atoms with E-state index in [9.17, 15) is 9.59 Å². The first-order valence-electron chi connectivity index (χ1n) is 10.2. The van der Waals surface area contributed by atoms with Crippen molar-refractivity contribution in [3.05, 3.63) is 102 Å². The van der Waals surface area contributed by atoms with Gasteiger partial charge in [-0.2, -0.15) is 0 Å². The topological polar surface area (TPSA) is 127 Å². The number of amides is 1. The van der Waals surface area contributed by atoms with E-state index in [2.05, 4.69) is 25.3 Å². The van der Waals surface area contributed by atoms with Crippen LogP contribution >= 0.6 is 0 Å². The van der Waals surface area contributed by atoms with E-state index in [4.69, 9.17) is 5.73 Å². The lowest BCUT2D eigenvalue weighted by molar-refractivity contribution is 0.102. The highest BCUT2D eigenvalue weighted by molar-refractivity contribution is 6.10. The summed E-state index contributed by atoms with van der Waals surface area (Å²) < 4.78 is 0. The maximum atomic E-state index is 13.0. The molecular weight excluding hydrogens is 416 g/mol. The number of rotatable bonds is 5. The maximum Gasteiger partial charge on any atom is 0.255 e. The van der Waals surface area contributed by atoms with Crippen molar-refractivity contribution in [3.63, 3.8) is 0 Å². The van der Waals surface area contributed by atoms with Crippen LogP contribution in [0.4, 0.5) is 11.5 Å². The van der Waals surface area contributed by atoms with Crippen LogP contribution in [-0.4, -0.2) is 31.6 Å². The average Bonchev–Trinajstić information content (AvgIpc) is 3.30. The normalized spacial score (nSPS) is 10.8. The average molecular weight is 434 g/mol. The lowest BCUT2D eigenvalue weighted by Crippen LogP contribution is -2.12. The van der Waals surface area contributed by atoms with E-state index < -0.39 is 0 Å². The highest BCUT2D eigenvalue weighted by atomic mass is 16.1. The van der Waals surface area contributed by atoms with Gasteiger partial charge in [-0.1, -0.05) is 54.6 Å². The molecule has 0 aliphatic carbocycles. The third kappa shape index (κ3) is 4.05. The van der Waals surface area contributed by atoms with Gasteiger partial charge in [0.2, 0.25) is 0 Å². The first-order chi connectivity index (χ1) is 16.1. The number of aromatic nitrogens is 4. The molecule has 0 saturated carbocycles. The Kier molecular flexibility index (Phi) is 5.08. The molecule has 0 aliphatic heterocycles. The summed E-state index contributed by atoms with van der Waals surface area (Å²) in [5.74, 6) is 0.518. The van der Waals surface area contributed by atoms with Crippen LogP contribution in [0.1, 0.15) is 26.3 Å². The zero-order valence-corrected chi connectivity index (χ0v) is 17.3. The van der Waals surface area contributed by atoms with Crippen molar-refractivity contribution in [1.29, 1.82) is 0 Å². The number of H-pyrrole nitrogens is 1. The van der Waals surface area contributed by atoms with Crippen LogP contribution in [0, 0.1) is 0 Å². The molecule has 1 amide bonds. The number of nitrogens with two attached hydrogens (primary N) is 1. The van der Waals surface area contributed by atoms with E-state index >= 15 is 0 Å². The molecule has 2 aromatic heterocycles. The fraction of sp³-hybridized carbons (Fsp3) is 0. The van der Waals surface area contributed by atoms with Crippen LogP contribution in [0.5, 0.6) is 0 Å². The molecule has 4 N–H and O–H groups in total. The quantitative estimate of drug-likeness (QED) is 0.358. The van der Waals surface area contributed by atoms with Crippen molar-refractivity contribution in [1.82, 2.24) is 19.9 Å². The van der Waals surface area contributed by atoms with Crippen LogP contribution in [0.25, 0.3) is 22.6 Å². The van der Waals surface area contributed by atoms with Crippen LogP contribution in [0.15, 0.2) is 85.2 Å². The van der Waals surface area contributed by atoms with Crippen LogP contribution in [0.3, 0.4) is 0 Å². The van der Waals surface area contributed by atoms with Crippen LogP contribution in [0.2, 0.25) is 0 Å². The highest BCUT2D eigenvalue weighted by Gasteiger charge is 2.13. The van der Waals surface area contributed by atoms with Gasteiger partial charge in [-0.05, 0) is 24.3 Å². The number of imidazole rings is 1. The lowest BCUT2D eigenvalue weighted by Gasteiger charge is -2.08. The van der Waals surface area contributed by atoms with E-state index in [-0.39, 0.29) is 11.7 Å². The minimum atomic E-state index is -0.235. The fourth-order valence-corrected chi connectivity index (χ4v) is 3.46. The van der Waals surface area contributed by atoms with E-state index in [0.717, 1.165) is 5.56 Å². The number of ketones is 1. The van der Waals surface area contributed by atoms with Gasteiger partial charge in [-0.25, -0.2) is 15.0 Å². The van der Waals surface area contributed by atoms with Crippen LogP contribution < -0.4 is 11.1 Å². The van der Waals surface area contributed by atoms with Crippen LogP contribution in [-0.2, 0) is 0 Å². The van der Waals surface area contributed by atoms with Gasteiger partial charge in [0.1, 0.15) is 17.7 Å². The highest BCUT2D eigenvalue weighted by Crippen LogP contribution is 2.23. The SMILES string of the molecule is Nc1ncnc2nc(-c3ccc(C(=O)c4cccc(NC(=O)c5ccccc5)c4)cc3)[nH]c12. The number of carbonyl (C=O) groups excluding carboxylic acids is 2. The zero-order valence-electron chi connectivity index (χ0n) is 17.3. The summed E-state index contributed by atoms with van der Waals surface area (Å²) >= 11 is 0. The van der Waals surface area contributed by atoms with Gasteiger partial charge in [-0.3, -0.25) is 9.59 Å². The molecule has 160 valence electrons. The minimum Gasteiger partial charge on any atom is -0.382 e. The van der Waals surface area contributed by atoms with E-state index in [1.165, 1.54) is 6.33 Å². The molecule has 0 saturated heterocycles. The molecule has 5 rings (SSSR count). The predicted octanol–water partition coefficient (Wildman–Crippen LogP) is 4.09. The maximum absolute atomic E-state index is 13.0. The van der Waals surface area contributed by atoms with Gasteiger partial charge < -0.3 is 16.0 Å².